The van der Waals surface area contributed by atoms with Crippen LogP contribution in [0, 0.1) is 0 Å². The number of hydrogen-bond donors (Lipinski definition) is 1. The molecule has 1 aromatic heterocycles. The lowest BCUT2D eigenvalue weighted by Gasteiger charge is -2.17. The van der Waals surface area contributed by atoms with Crippen molar-refractivity contribution in [2.24, 2.45) is 7.05 Å². The highest BCUT2D eigenvalue weighted by molar-refractivity contribution is 7.90. The first-order valence-corrected chi connectivity index (χ1v) is 8.75. The molecule has 0 fully saturated rings. The fraction of sp³-hybridized carbons (Fsp3) is 0.400. The Morgan fingerprint density at radius 3 is 2.38 bits per heavy atom. The average molecular weight is 307 g/mol. The smallest absolute Gasteiger partial charge is 0.175 e. The van der Waals surface area contributed by atoms with E-state index in [1.165, 1.54) is 11.9 Å². The predicted octanol–water partition coefficient (Wildman–Crippen LogP) is 1.72. The first-order chi connectivity index (χ1) is 9.91. The third-order valence-corrected chi connectivity index (χ3v) is 4.80. The van der Waals surface area contributed by atoms with Gasteiger partial charge in [-0.2, -0.15) is 5.10 Å². The normalized spacial score (nSPS) is 13.3. The van der Waals surface area contributed by atoms with Gasteiger partial charge in [-0.1, -0.05) is 12.1 Å². The second-order valence-electron chi connectivity index (χ2n) is 5.17. The molecule has 21 heavy (non-hydrogen) atoms. The van der Waals surface area contributed by atoms with Crippen molar-refractivity contribution >= 4 is 9.84 Å². The Kier molecular flexibility index (Phi) is 4.80. The summed E-state index contributed by atoms with van der Waals surface area (Å²) in [6.45, 7) is 0. The third kappa shape index (κ3) is 3.92. The highest BCUT2D eigenvalue weighted by Crippen LogP contribution is 2.20. The van der Waals surface area contributed by atoms with Gasteiger partial charge in [0.2, 0.25) is 0 Å². The minimum atomic E-state index is -3.14. The molecule has 114 valence electrons. The summed E-state index contributed by atoms with van der Waals surface area (Å²) in [5, 5.41) is 7.44. The standard InChI is InChI=1S/C15H21N3O2S/c1-16-15(9-6-13-10-11-17-18(13)2)12-4-7-14(8-5-12)21(3,19)20/h4-5,7-8,10-11,15-16H,6,9H2,1-3H3. The second kappa shape index (κ2) is 6.41. The summed E-state index contributed by atoms with van der Waals surface area (Å²) in [6.07, 6.45) is 4.86. The number of benzene rings is 1. The number of hydrogen-bond acceptors (Lipinski definition) is 4. The zero-order chi connectivity index (χ0) is 15.5. The molecule has 0 bridgehead atoms. The van der Waals surface area contributed by atoms with E-state index >= 15 is 0 Å². The van der Waals surface area contributed by atoms with Crippen molar-refractivity contribution in [1.29, 1.82) is 0 Å². The first kappa shape index (κ1) is 15.7. The minimum Gasteiger partial charge on any atom is -0.313 e. The highest BCUT2D eigenvalue weighted by Gasteiger charge is 2.12. The van der Waals surface area contributed by atoms with Crippen LogP contribution < -0.4 is 5.32 Å². The van der Waals surface area contributed by atoms with Gasteiger partial charge in [0.25, 0.3) is 0 Å². The van der Waals surface area contributed by atoms with Crippen LogP contribution in [0.5, 0.6) is 0 Å². The second-order valence-corrected chi connectivity index (χ2v) is 7.18. The van der Waals surface area contributed by atoms with E-state index < -0.39 is 9.84 Å². The fourth-order valence-electron chi connectivity index (χ4n) is 2.36. The molecule has 0 saturated heterocycles. The number of nitrogens with one attached hydrogen (secondary N) is 1. The van der Waals surface area contributed by atoms with Crippen molar-refractivity contribution in [3.63, 3.8) is 0 Å². The Balaban J connectivity index is 2.09. The van der Waals surface area contributed by atoms with Crippen molar-refractivity contribution in [3.05, 3.63) is 47.8 Å². The molecular formula is C15H21N3O2S. The van der Waals surface area contributed by atoms with Gasteiger partial charge in [0.1, 0.15) is 0 Å². The predicted molar refractivity (Wildman–Crippen MR) is 82.9 cm³/mol. The zero-order valence-electron chi connectivity index (χ0n) is 12.6. The molecule has 1 N–H and O–H groups in total. The van der Waals surface area contributed by atoms with Crippen molar-refractivity contribution < 1.29 is 8.42 Å². The minimum absolute atomic E-state index is 0.188. The van der Waals surface area contributed by atoms with E-state index in [-0.39, 0.29) is 6.04 Å². The molecule has 1 unspecified atom stereocenters. The molecule has 0 saturated carbocycles. The van der Waals surface area contributed by atoms with Crippen LogP contribution in [0.1, 0.15) is 23.7 Å². The molecule has 0 spiro atoms. The Morgan fingerprint density at radius 1 is 1.24 bits per heavy atom. The van der Waals surface area contributed by atoms with Crippen molar-refractivity contribution in [2.45, 2.75) is 23.8 Å². The summed E-state index contributed by atoms with van der Waals surface area (Å²) >= 11 is 0. The van der Waals surface area contributed by atoms with Gasteiger partial charge < -0.3 is 5.32 Å². The van der Waals surface area contributed by atoms with E-state index in [2.05, 4.69) is 10.4 Å². The first-order valence-electron chi connectivity index (χ1n) is 6.86. The summed E-state index contributed by atoms with van der Waals surface area (Å²) in [5.41, 5.74) is 2.27. The van der Waals surface area contributed by atoms with Crippen LogP contribution in [0.3, 0.4) is 0 Å². The Labute approximate surface area is 125 Å². The summed E-state index contributed by atoms with van der Waals surface area (Å²) < 4.78 is 24.8. The number of sulfone groups is 1. The van der Waals surface area contributed by atoms with E-state index in [4.69, 9.17) is 0 Å². The maximum atomic E-state index is 11.5. The van der Waals surface area contributed by atoms with Gasteiger partial charge in [-0.05, 0) is 43.7 Å². The number of nitrogens with zero attached hydrogens (tertiary/aromatic N) is 2. The Hall–Kier alpha value is -1.66. The topological polar surface area (TPSA) is 64.0 Å². The van der Waals surface area contributed by atoms with Gasteiger partial charge in [0.15, 0.2) is 9.84 Å². The quantitative estimate of drug-likeness (QED) is 0.882. The van der Waals surface area contributed by atoms with Gasteiger partial charge >= 0.3 is 0 Å². The summed E-state index contributed by atoms with van der Waals surface area (Å²) in [7, 11) is 0.713. The lowest BCUT2D eigenvalue weighted by atomic mass is 10.0. The molecule has 2 aromatic rings. The number of rotatable bonds is 6. The van der Waals surface area contributed by atoms with Crippen LogP contribution in [-0.4, -0.2) is 31.5 Å². The maximum Gasteiger partial charge on any atom is 0.175 e. The monoisotopic (exact) mass is 307 g/mol. The third-order valence-electron chi connectivity index (χ3n) is 3.67. The van der Waals surface area contributed by atoms with E-state index in [1.807, 2.05) is 37.0 Å². The lowest BCUT2D eigenvalue weighted by molar-refractivity contribution is 0.535. The van der Waals surface area contributed by atoms with E-state index in [9.17, 15) is 8.42 Å². The molecule has 2 rings (SSSR count). The van der Waals surface area contributed by atoms with Gasteiger partial charge in [-0.3, -0.25) is 4.68 Å². The van der Waals surface area contributed by atoms with E-state index in [1.54, 1.807) is 18.3 Å². The maximum absolute atomic E-state index is 11.5. The molecular weight excluding hydrogens is 286 g/mol. The van der Waals surface area contributed by atoms with Crippen LogP contribution in [-0.2, 0) is 23.3 Å². The lowest BCUT2D eigenvalue weighted by Crippen LogP contribution is -2.17. The molecule has 6 heteroatoms. The molecule has 0 radical (unpaired) electrons. The summed E-state index contributed by atoms with van der Waals surface area (Å²) in [4.78, 5) is 0.354. The molecule has 0 amide bonds. The molecule has 1 heterocycles. The highest BCUT2D eigenvalue weighted by atomic mass is 32.2. The van der Waals surface area contributed by atoms with Crippen molar-refractivity contribution in [3.8, 4) is 0 Å². The van der Waals surface area contributed by atoms with Gasteiger partial charge in [-0.15, -0.1) is 0 Å². The molecule has 1 aromatic carbocycles. The van der Waals surface area contributed by atoms with Crippen molar-refractivity contribution in [1.82, 2.24) is 15.1 Å². The number of aromatic nitrogens is 2. The van der Waals surface area contributed by atoms with Gasteiger partial charge in [0, 0.05) is 31.2 Å². The molecule has 1 atom stereocenters. The van der Waals surface area contributed by atoms with Crippen LogP contribution in [0.25, 0.3) is 0 Å². The molecule has 0 aliphatic carbocycles. The van der Waals surface area contributed by atoms with Crippen LogP contribution in [0.15, 0.2) is 41.4 Å². The van der Waals surface area contributed by atoms with E-state index in [0.29, 0.717) is 4.90 Å². The van der Waals surface area contributed by atoms with Crippen LogP contribution in [0.2, 0.25) is 0 Å². The molecule has 0 aliphatic rings. The van der Waals surface area contributed by atoms with Gasteiger partial charge in [0.05, 0.1) is 4.90 Å². The summed E-state index contributed by atoms with van der Waals surface area (Å²) in [6, 6.07) is 9.28. The van der Waals surface area contributed by atoms with Crippen LogP contribution >= 0.6 is 0 Å². The van der Waals surface area contributed by atoms with Gasteiger partial charge in [-0.25, -0.2) is 8.42 Å². The van der Waals surface area contributed by atoms with E-state index in [0.717, 1.165) is 18.4 Å². The largest absolute Gasteiger partial charge is 0.313 e. The molecule has 5 nitrogen and oxygen atoms in total. The Bertz CT molecular complexity index is 690. The Morgan fingerprint density at radius 2 is 1.90 bits per heavy atom. The fourth-order valence-corrected chi connectivity index (χ4v) is 2.99. The number of aryl methyl sites for hydroxylation is 2. The zero-order valence-corrected chi connectivity index (χ0v) is 13.4. The summed E-state index contributed by atoms with van der Waals surface area (Å²) in [5.74, 6) is 0. The van der Waals surface area contributed by atoms with Crippen molar-refractivity contribution in [2.75, 3.05) is 13.3 Å². The SMILES string of the molecule is CNC(CCc1ccnn1C)c1ccc(S(C)(=O)=O)cc1. The average Bonchev–Trinajstić information content (AvgIpc) is 2.85. The van der Waals surface area contributed by atoms with Crippen LogP contribution in [0.4, 0.5) is 0 Å². The molecule has 0 aliphatic heterocycles.